The number of nitrogens with one attached hydrogen (secondary N) is 1. The number of hydrogen-bond donors (Lipinski definition) is 1. The van der Waals surface area contributed by atoms with Crippen molar-refractivity contribution in [1.29, 1.82) is 0 Å². The molecule has 0 saturated carbocycles. The van der Waals surface area contributed by atoms with Crippen molar-refractivity contribution in [3.8, 4) is 23.0 Å². The number of aryl methyl sites for hydroxylation is 1. The summed E-state index contributed by atoms with van der Waals surface area (Å²) in [7, 11) is 0. The molecule has 6 nitrogen and oxygen atoms in total. The minimum absolute atomic E-state index is 0.0493. The van der Waals surface area contributed by atoms with Crippen LogP contribution in [0, 0.1) is 6.92 Å². The molecule has 1 aliphatic rings. The molecule has 1 aromatic heterocycles. The third kappa shape index (κ3) is 6.15. The molecular weight excluding hydrogens is 448 g/mol. The molecule has 1 saturated heterocycles. The lowest BCUT2D eigenvalue weighted by Crippen LogP contribution is -2.44. The van der Waals surface area contributed by atoms with Crippen LogP contribution in [0.15, 0.2) is 91.1 Å². The number of likely N-dealkylation sites (tertiary alicyclic amines) is 1. The zero-order valence-corrected chi connectivity index (χ0v) is 20.4. The van der Waals surface area contributed by atoms with Crippen molar-refractivity contribution in [2.45, 2.75) is 32.4 Å². The van der Waals surface area contributed by atoms with Crippen LogP contribution >= 0.6 is 0 Å². The predicted octanol–water partition coefficient (Wildman–Crippen LogP) is 5.64. The lowest BCUT2D eigenvalue weighted by molar-refractivity contribution is 0.0909. The van der Waals surface area contributed by atoms with Crippen LogP contribution in [0.25, 0.3) is 11.4 Å². The highest BCUT2D eigenvalue weighted by molar-refractivity contribution is 5.94. The highest BCUT2D eigenvalue weighted by atomic mass is 16.5. The Balaban J connectivity index is 1.13. The largest absolute Gasteiger partial charge is 0.439 e. The molecule has 0 atom stereocenters. The van der Waals surface area contributed by atoms with Gasteiger partial charge in [-0.25, -0.2) is 4.98 Å². The minimum Gasteiger partial charge on any atom is -0.439 e. The standard InChI is InChI=1S/C30H30N4O2/c1-22-7-9-24(10-8-22)29-31-18-15-28(33-29)36-27-13-11-25(12-14-27)30(35)32-26-16-19-34(20-17-26)21-23-5-3-2-4-6-23/h2-15,18,26H,16-17,19-21H2,1H3,(H,32,35). The third-order valence-corrected chi connectivity index (χ3v) is 6.45. The average molecular weight is 479 g/mol. The normalized spacial score (nSPS) is 14.4. The first-order chi connectivity index (χ1) is 17.6. The second kappa shape index (κ2) is 11.1. The van der Waals surface area contributed by atoms with Crippen molar-refractivity contribution in [3.05, 3.63) is 108 Å². The molecule has 182 valence electrons. The maximum Gasteiger partial charge on any atom is 0.251 e. The van der Waals surface area contributed by atoms with Gasteiger partial charge in [0, 0.05) is 49.1 Å². The second-order valence-electron chi connectivity index (χ2n) is 9.22. The predicted molar refractivity (Wildman–Crippen MR) is 141 cm³/mol. The first-order valence-corrected chi connectivity index (χ1v) is 12.4. The van der Waals surface area contributed by atoms with E-state index in [1.54, 1.807) is 36.5 Å². The van der Waals surface area contributed by atoms with E-state index < -0.39 is 0 Å². The maximum absolute atomic E-state index is 12.8. The lowest BCUT2D eigenvalue weighted by atomic mass is 10.0. The van der Waals surface area contributed by atoms with E-state index in [0.29, 0.717) is 23.0 Å². The van der Waals surface area contributed by atoms with Crippen LogP contribution in [0.5, 0.6) is 11.6 Å². The van der Waals surface area contributed by atoms with Gasteiger partial charge in [0.05, 0.1) is 0 Å². The second-order valence-corrected chi connectivity index (χ2v) is 9.22. The molecule has 0 radical (unpaired) electrons. The first-order valence-electron chi connectivity index (χ1n) is 12.4. The van der Waals surface area contributed by atoms with Gasteiger partial charge in [-0.15, -0.1) is 0 Å². The summed E-state index contributed by atoms with van der Waals surface area (Å²) in [6, 6.07) is 27.7. The quantitative estimate of drug-likeness (QED) is 0.372. The van der Waals surface area contributed by atoms with E-state index in [-0.39, 0.29) is 11.9 Å². The van der Waals surface area contributed by atoms with E-state index in [1.165, 1.54) is 11.1 Å². The van der Waals surface area contributed by atoms with Crippen molar-refractivity contribution in [2.24, 2.45) is 0 Å². The number of amides is 1. The van der Waals surface area contributed by atoms with Gasteiger partial charge in [-0.1, -0.05) is 60.2 Å². The highest BCUT2D eigenvalue weighted by Gasteiger charge is 2.21. The molecule has 36 heavy (non-hydrogen) atoms. The number of piperidine rings is 1. The summed E-state index contributed by atoms with van der Waals surface area (Å²) in [4.78, 5) is 24.1. The molecule has 1 aliphatic heterocycles. The van der Waals surface area contributed by atoms with Crippen molar-refractivity contribution in [3.63, 3.8) is 0 Å². The minimum atomic E-state index is -0.0493. The number of hydrogen-bond acceptors (Lipinski definition) is 5. The fourth-order valence-electron chi connectivity index (χ4n) is 4.38. The van der Waals surface area contributed by atoms with Gasteiger partial charge in [-0.3, -0.25) is 9.69 Å². The summed E-state index contributed by atoms with van der Waals surface area (Å²) in [6.45, 7) is 4.97. The van der Waals surface area contributed by atoms with Gasteiger partial charge in [0.15, 0.2) is 5.82 Å². The Bertz CT molecular complexity index is 1280. The number of nitrogens with zero attached hydrogens (tertiary/aromatic N) is 3. The molecule has 1 amide bonds. The number of rotatable bonds is 7. The number of aromatic nitrogens is 2. The Morgan fingerprint density at radius 1 is 0.944 bits per heavy atom. The number of benzene rings is 3. The topological polar surface area (TPSA) is 67.3 Å². The van der Waals surface area contributed by atoms with Gasteiger partial charge < -0.3 is 10.1 Å². The fourth-order valence-corrected chi connectivity index (χ4v) is 4.38. The molecule has 4 aromatic rings. The summed E-state index contributed by atoms with van der Waals surface area (Å²) in [5.41, 5.74) is 4.07. The molecule has 1 N–H and O–H groups in total. The molecular formula is C30H30N4O2. The van der Waals surface area contributed by atoms with Gasteiger partial charge in [0.2, 0.25) is 5.88 Å². The molecule has 1 fully saturated rings. The fraction of sp³-hybridized carbons (Fsp3) is 0.233. The van der Waals surface area contributed by atoms with Gasteiger partial charge in [0.1, 0.15) is 5.75 Å². The SMILES string of the molecule is Cc1ccc(-c2nccc(Oc3ccc(C(=O)NC4CCN(Cc5ccccc5)CC4)cc3)n2)cc1. The first kappa shape index (κ1) is 23.7. The third-order valence-electron chi connectivity index (χ3n) is 6.45. The van der Waals surface area contributed by atoms with E-state index in [9.17, 15) is 4.79 Å². The molecule has 3 aromatic carbocycles. The Morgan fingerprint density at radius 3 is 2.39 bits per heavy atom. The van der Waals surface area contributed by atoms with E-state index >= 15 is 0 Å². The molecule has 0 unspecified atom stereocenters. The summed E-state index contributed by atoms with van der Waals surface area (Å²) < 4.78 is 5.92. The van der Waals surface area contributed by atoms with E-state index in [1.807, 2.05) is 37.3 Å². The van der Waals surface area contributed by atoms with Crippen molar-refractivity contribution in [1.82, 2.24) is 20.2 Å². The van der Waals surface area contributed by atoms with Crippen LogP contribution in [-0.2, 0) is 6.54 Å². The number of carbonyl (C=O) groups is 1. The smallest absolute Gasteiger partial charge is 0.251 e. The van der Waals surface area contributed by atoms with Crippen LogP contribution in [-0.4, -0.2) is 39.9 Å². The van der Waals surface area contributed by atoms with E-state index in [2.05, 4.69) is 44.5 Å². The zero-order chi connectivity index (χ0) is 24.7. The summed E-state index contributed by atoms with van der Waals surface area (Å²) in [6.07, 6.45) is 3.60. The summed E-state index contributed by atoms with van der Waals surface area (Å²) in [5.74, 6) is 1.64. The Labute approximate surface area is 212 Å². The summed E-state index contributed by atoms with van der Waals surface area (Å²) >= 11 is 0. The van der Waals surface area contributed by atoms with Crippen molar-refractivity contribution >= 4 is 5.91 Å². The Hall–Kier alpha value is -4.03. The molecule has 0 aliphatic carbocycles. The highest BCUT2D eigenvalue weighted by Crippen LogP contribution is 2.23. The maximum atomic E-state index is 12.8. The number of carbonyl (C=O) groups excluding carboxylic acids is 1. The zero-order valence-electron chi connectivity index (χ0n) is 20.4. The molecule has 6 heteroatoms. The summed E-state index contributed by atoms with van der Waals surface area (Å²) in [5, 5.41) is 3.19. The average Bonchev–Trinajstić information content (AvgIpc) is 2.91. The lowest BCUT2D eigenvalue weighted by Gasteiger charge is -2.32. The van der Waals surface area contributed by atoms with Crippen LogP contribution < -0.4 is 10.1 Å². The van der Waals surface area contributed by atoms with Gasteiger partial charge in [0.25, 0.3) is 5.91 Å². The van der Waals surface area contributed by atoms with Crippen LogP contribution in [0.4, 0.5) is 0 Å². The van der Waals surface area contributed by atoms with Gasteiger partial charge in [-0.2, -0.15) is 4.98 Å². The Kier molecular flexibility index (Phi) is 7.33. The molecule has 5 rings (SSSR count). The van der Waals surface area contributed by atoms with Crippen LogP contribution in [0.3, 0.4) is 0 Å². The van der Waals surface area contributed by atoms with Crippen LogP contribution in [0.2, 0.25) is 0 Å². The Morgan fingerprint density at radius 2 is 1.67 bits per heavy atom. The number of ether oxygens (including phenoxy) is 1. The van der Waals surface area contributed by atoms with E-state index in [0.717, 1.165) is 38.0 Å². The van der Waals surface area contributed by atoms with Crippen LogP contribution in [0.1, 0.15) is 34.3 Å². The van der Waals surface area contributed by atoms with Crippen molar-refractivity contribution in [2.75, 3.05) is 13.1 Å². The van der Waals surface area contributed by atoms with Gasteiger partial charge >= 0.3 is 0 Å². The van der Waals surface area contributed by atoms with E-state index in [4.69, 9.17) is 4.74 Å². The monoisotopic (exact) mass is 478 g/mol. The molecule has 0 spiro atoms. The molecule has 0 bridgehead atoms. The van der Waals surface area contributed by atoms with Gasteiger partial charge in [-0.05, 0) is 49.6 Å². The van der Waals surface area contributed by atoms with Crippen molar-refractivity contribution < 1.29 is 9.53 Å². The molecule has 2 heterocycles.